The Hall–Kier alpha value is -0.370. The Morgan fingerprint density at radius 3 is 2.71 bits per heavy atom. The number of ketones is 1. The molecule has 1 unspecified atom stereocenters. The third-order valence-electron chi connectivity index (χ3n) is 3.46. The number of hydrogen-bond donors (Lipinski definition) is 0. The van der Waals surface area contributed by atoms with E-state index in [2.05, 4.69) is 4.90 Å². The fourth-order valence-corrected chi connectivity index (χ4v) is 2.50. The van der Waals surface area contributed by atoms with Gasteiger partial charge in [-0.3, -0.25) is 9.69 Å². The van der Waals surface area contributed by atoms with Crippen molar-refractivity contribution >= 4 is 5.78 Å². The van der Waals surface area contributed by atoms with Crippen molar-refractivity contribution in [3.63, 3.8) is 0 Å². The molecule has 1 saturated carbocycles. The molecule has 0 aromatic rings. The van der Waals surface area contributed by atoms with Crippen LogP contribution in [0.5, 0.6) is 0 Å². The van der Waals surface area contributed by atoms with E-state index in [-0.39, 0.29) is 0 Å². The molecule has 2 aliphatic rings. The molecule has 0 N–H and O–H groups in total. The zero-order valence-electron chi connectivity index (χ0n) is 9.17. The molecular formula is C12H21NO. The van der Waals surface area contributed by atoms with Gasteiger partial charge in [0.25, 0.3) is 0 Å². The van der Waals surface area contributed by atoms with Gasteiger partial charge in [0, 0.05) is 19.0 Å². The van der Waals surface area contributed by atoms with Gasteiger partial charge in [-0.05, 0) is 45.1 Å². The van der Waals surface area contributed by atoms with E-state index >= 15 is 0 Å². The molecular weight excluding hydrogens is 174 g/mol. The lowest BCUT2D eigenvalue weighted by Gasteiger charge is -2.35. The predicted octanol–water partition coefficient (Wildman–Crippen LogP) is 2.23. The molecule has 80 valence electrons. The lowest BCUT2D eigenvalue weighted by molar-refractivity contribution is -0.118. The first kappa shape index (κ1) is 10.2. The Labute approximate surface area is 86.7 Å². The summed E-state index contributed by atoms with van der Waals surface area (Å²) in [5, 5.41) is 0. The van der Waals surface area contributed by atoms with Crippen molar-refractivity contribution in [2.24, 2.45) is 5.92 Å². The minimum atomic E-state index is 0.359. The Kier molecular flexibility index (Phi) is 3.22. The van der Waals surface area contributed by atoms with Crippen molar-refractivity contribution in [2.75, 3.05) is 13.1 Å². The third-order valence-corrected chi connectivity index (χ3v) is 3.46. The van der Waals surface area contributed by atoms with Crippen LogP contribution in [0.1, 0.15) is 45.4 Å². The highest BCUT2D eigenvalue weighted by molar-refractivity contribution is 5.76. The van der Waals surface area contributed by atoms with Crippen LogP contribution in [0.3, 0.4) is 0 Å². The first-order valence-electron chi connectivity index (χ1n) is 5.99. The number of piperidine rings is 1. The smallest absolute Gasteiger partial charge is 0.131 e. The molecule has 14 heavy (non-hydrogen) atoms. The summed E-state index contributed by atoms with van der Waals surface area (Å²) in [6.45, 7) is 4.22. The van der Waals surface area contributed by atoms with E-state index in [0.717, 1.165) is 12.3 Å². The van der Waals surface area contributed by atoms with Crippen molar-refractivity contribution < 1.29 is 4.79 Å². The molecule has 2 nitrogen and oxygen atoms in total. The molecule has 2 heteroatoms. The summed E-state index contributed by atoms with van der Waals surface area (Å²) < 4.78 is 0. The summed E-state index contributed by atoms with van der Waals surface area (Å²) in [5.74, 6) is 1.32. The minimum absolute atomic E-state index is 0.359. The summed E-state index contributed by atoms with van der Waals surface area (Å²) in [5.41, 5.74) is 0. The van der Waals surface area contributed by atoms with E-state index in [1.165, 1.54) is 45.2 Å². The Balaban J connectivity index is 1.84. The first-order valence-corrected chi connectivity index (χ1v) is 5.99. The largest absolute Gasteiger partial charge is 0.300 e. The second kappa shape index (κ2) is 4.43. The summed E-state index contributed by atoms with van der Waals surface area (Å²) >= 11 is 0. The third kappa shape index (κ3) is 2.81. The quantitative estimate of drug-likeness (QED) is 0.685. The molecule has 1 atom stereocenters. The second-order valence-electron chi connectivity index (χ2n) is 4.99. The van der Waals surface area contributed by atoms with Crippen LogP contribution in [0.2, 0.25) is 0 Å². The van der Waals surface area contributed by atoms with E-state index in [1.807, 2.05) is 0 Å². The van der Waals surface area contributed by atoms with E-state index in [4.69, 9.17) is 0 Å². The molecule has 2 fully saturated rings. The average molecular weight is 195 g/mol. The molecule has 0 aromatic heterocycles. The molecule has 1 aliphatic carbocycles. The van der Waals surface area contributed by atoms with E-state index in [9.17, 15) is 4.79 Å². The molecule has 0 amide bonds. The summed E-state index contributed by atoms with van der Waals surface area (Å²) in [6.07, 6.45) is 7.52. The number of nitrogens with zero attached hydrogens (tertiary/aromatic N) is 1. The number of carbonyl (C=O) groups is 1. The monoisotopic (exact) mass is 195 g/mol. The highest BCUT2D eigenvalue weighted by Crippen LogP contribution is 2.32. The maximum Gasteiger partial charge on any atom is 0.131 e. The van der Waals surface area contributed by atoms with Crippen LogP contribution in [0.25, 0.3) is 0 Å². The number of rotatable bonds is 4. The maximum atomic E-state index is 11.1. The van der Waals surface area contributed by atoms with Gasteiger partial charge in [0.15, 0.2) is 0 Å². The van der Waals surface area contributed by atoms with Crippen molar-refractivity contribution in [1.29, 1.82) is 0 Å². The summed E-state index contributed by atoms with van der Waals surface area (Å²) in [6, 6.07) is 0.571. The topological polar surface area (TPSA) is 20.3 Å². The number of hydrogen-bond acceptors (Lipinski definition) is 2. The molecule has 1 aliphatic heterocycles. The van der Waals surface area contributed by atoms with Gasteiger partial charge < -0.3 is 0 Å². The predicted molar refractivity (Wildman–Crippen MR) is 57.2 cm³/mol. The normalized spacial score (nSPS) is 29.1. The van der Waals surface area contributed by atoms with E-state index in [1.54, 1.807) is 6.92 Å². The Bertz CT molecular complexity index is 210. The van der Waals surface area contributed by atoms with Gasteiger partial charge in [0.2, 0.25) is 0 Å². The zero-order chi connectivity index (χ0) is 9.97. The van der Waals surface area contributed by atoms with Crippen LogP contribution in [0.4, 0.5) is 0 Å². The first-order chi connectivity index (χ1) is 6.75. The van der Waals surface area contributed by atoms with Gasteiger partial charge in [-0.2, -0.15) is 0 Å². The van der Waals surface area contributed by atoms with Crippen molar-refractivity contribution in [3.05, 3.63) is 0 Å². The van der Waals surface area contributed by atoms with Crippen molar-refractivity contribution in [3.8, 4) is 0 Å². The highest BCUT2D eigenvalue weighted by atomic mass is 16.1. The molecule has 1 saturated heterocycles. The van der Waals surface area contributed by atoms with Crippen molar-refractivity contribution in [1.82, 2.24) is 4.90 Å². The van der Waals surface area contributed by atoms with Gasteiger partial charge in [-0.25, -0.2) is 0 Å². The Morgan fingerprint density at radius 2 is 2.07 bits per heavy atom. The lowest BCUT2D eigenvalue weighted by Crippen LogP contribution is -2.41. The molecule has 0 bridgehead atoms. The fourth-order valence-electron chi connectivity index (χ4n) is 2.50. The Morgan fingerprint density at radius 1 is 1.29 bits per heavy atom. The van der Waals surface area contributed by atoms with Gasteiger partial charge >= 0.3 is 0 Å². The van der Waals surface area contributed by atoms with Crippen LogP contribution in [0, 0.1) is 5.92 Å². The van der Waals surface area contributed by atoms with E-state index < -0.39 is 0 Å². The van der Waals surface area contributed by atoms with Crippen LogP contribution < -0.4 is 0 Å². The lowest BCUT2D eigenvalue weighted by atomic mass is 9.97. The van der Waals surface area contributed by atoms with Crippen LogP contribution in [0.15, 0.2) is 0 Å². The zero-order valence-corrected chi connectivity index (χ0v) is 9.17. The van der Waals surface area contributed by atoms with Gasteiger partial charge in [0.05, 0.1) is 0 Å². The number of likely N-dealkylation sites (tertiary alicyclic amines) is 1. The molecule has 0 spiro atoms. The van der Waals surface area contributed by atoms with Gasteiger partial charge in [-0.15, -0.1) is 0 Å². The van der Waals surface area contributed by atoms with Gasteiger partial charge in [0.1, 0.15) is 5.78 Å². The summed E-state index contributed by atoms with van der Waals surface area (Å²) in [7, 11) is 0. The average Bonchev–Trinajstić information content (AvgIpc) is 2.91. The van der Waals surface area contributed by atoms with Crippen molar-refractivity contribution in [2.45, 2.75) is 51.5 Å². The molecule has 2 rings (SSSR count). The van der Waals surface area contributed by atoms with E-state index in [0.29, 0.717) is 11.8 Å². The maximum absolute atomic E-state index is 11.1. The van der Waals surface area contributed by atoms with Crippen LogP contribution in [-0.4, -0.2) is 29.8 Å². The molecule has 0 radical (unpaired) electrons. The fraction of sp³-hybridized carbons (Fsp3) is 0.917. The van der Waals surface area contributed by atoms with Crippen LogP contribution in [-0.2, 0) is 4.79 Å². The minimum Gasteiger partial charge on any atom is -0.300 e. The second-order valence-corrected chi connectivity index (χ2v) is 4.99. The highest BCUT2D eigenvalue weighted by Gasteiger charge is 2.29. The summed E-state index contributed by atoms with van der Waals surface area (Å²) in [4.78, 5) is 13.7. The molecule has 0 aromatic carbocycles. The van der Waals surface area contributed by atoms with Crippen LogP contribution >= 0.6 is 0 Å². The number of carbonyl (C=O) groups excluding carboxylic acids is 1. The SMILES string of the molecule is CC(=O)CC1CCCCN1CC1CC1. The molecule has 1 heterocycles. The standard InChI is InChI=1S/C12H21NO/c1-10(14)8-12-4-2-3-7-13(12)9-11-5-6-11/h11-12H,2-9H2,1H3. The van der Waals surface area contributed by atoms with Gasteiger partial charge in [-0.1, -0.05) is 6.42 Å². The number of Topliss-reactive ketones (excluding diaryl/α,β-unsaturated/α-hetero) is 1.